The Bertz CT molecular complexity index is 1740. The maximum absolute atomic E-state index is 6.40. The third kappa shape index (κ3) is 3.30. The van der Waals surface area contributed by atoms with Gasteiger partial charge in [-0.3, -0.25) is 0 Å². The molecule has 0 saturated carbocycles. The number of hydrogen-bond acceptors (Lipinski definition) is 4. The van der Waals surface area contributed by atoms with Crippen molar-refractivity contribution >= 4 is 43.9 Å². The largest absolute Gasteiger partial charge is 0.456 e. The molecule has 0 amide bonds. The van der Waals surface area contributed by atoms with E-state index in [0.717, 1.165) is 60.9 Å². The molecule has 168 valence electrons. The molecule has 0 fully saturated rings. The van der Waals surface area contributed by atoms with Crippen molar-refractivity contribution in [2.75, 3.05) is 0 Å². The van der Waals surface area contributed by atoms with Gasteiger partial charge in [0.25, 0.3) is 0 Å². The molecule has 0 spiro atoms. The zero-order valence-electron chi connectivity index (χ0n) is 18.9. The zero-order chi connectivity index (χ0) is 23.4. The van der Waals surface area contributed by atoms with E-state index in [0.29, 0.717) is 11.5 Å². The normalized spacial score (nSPS) is 11.6. The van der Waals surface area contributed by atoms with Crippen LogP contribution in [0.4, 0.5) is 0 Å². The van der Waals surface area contributed by atoms with Crippen molar-refractivity contribution in [1.82, 2.24) is 0 Å². The molecule has 7 rings (SSSR count). The number of hydrogen-bond donors (Lipinski definition) is 0. The molecule has 4 heteroatoms. The molecule has 4 nitrogen and oxygen atoms in total. The highest BCUT2D eigenvalue weighted by Gasteiger charge is 2.15. The Hall–Kier alpha value is -4.70. The minimum Gasteiger partial charge on any atom is -0.456 e. The summed E-state index contributed by atoms with van der Waals surface area (Å²) in [5, 5.41) is 3.98. The Balaban J connectivity index is 1.30. The van der Waals surface area contributed by atoms with E-state index in [1.165, 1.54) is 0 Å². The van der Waals surface area contributed by atoms with Crippen LogP contribution in [0.25, 0.3) is 43.9 Å². The van der Waals surface area contributed by atoms with E-state index in [1.54, 1.807) is 0 Å². The molecule has 0 aliphatic carbocycles. The molecule has 0 unspecified atom stereocenters. The van der Waals surface area contributed by atoms with Gasteiger partial charge in [-0.25, -0.2) is 0 Å². The molecular formula is C31H20O4. The van der Waals surface area contributed by atoms with Gasteiger partial charge in [0.2, 0.25) is 0 Å². The third-order valence-electron chi connectivity index (χ3n) is 6.21. The van der Waals surface area contributed by atoms with Crippen LogP contribution in [0.5, 0.6) is 23.0 Å². The number of benzene rings is 5. The van der Waals surface area contributed by atoms with Crippen LogP contribution in [0.2, 0.25) is 0 Å². The number of furan rings is 2. The lowest BCUT2D eigenvalue weighted by Crippen LogP contribution is -1.90. The van der Waals surface area contributed by atoms with Crippen molar-refractivity contribution in [2.45, 2.75) is 6.92 Å². The lowest BCUT2D eigenvalue weighted by Gasteiger charge is -2.12. The molecule has 0 aliphatic heterocycles. The summed E-state index contributed by atoms with van der Waals surface area (Å²) in [7, 11) is 0. The molecule has 2 aromatic heterocycles. The molecular weight excluding hydrogens is 436 g/mol. The summed E-state index contributed by atoms with van der Waals surface area (Å²) in [6.07, 6.45) is 0. The van der Waals surface area contributed by atoms with Gasteiger partial charge in [0.05, 0.1) is 10.8 Å². The fourth-order valence-corrected chi connectivity index (χ4v) is 4.74. The van der Waals surface area contributed by atoms with Crippen LogP contribution in [0.3, 0.4) is 0 Å². The Kier molecular flexibility index (Phi) is 4.33. The van der Waals surface area contributed by atoms with E-state index in [4.69, 9.17) is 18.3 Å². The maximum Gasteiger partial charge on any atom is 0.139 e. The van der Waals surface area contributed by atoms with Crippen LogP contribution >= 0.6 is 0 Å². The first-order valence-electron chi connectivity index (χ1n) is 11.5. The van der Waals surface area contributed by atoms with Crippen LogP contribution < -0.4 is 9.47 Å². The molecule has 0 aliphatic rings. The number of rotatable bonds is 4. The highest BCUT2D eigenvalue weighted by molar-refractivity contribution is 6.09. The van der Waals surface area contributed by atoms with E-state index in [-0.39, 0.29) is 0 Å². The molecule has 0 bridgehead atoms. The Labute approximate surface area is 200 Å². The van der Waals surface area contributed by atoms with E-state index in [9.17, 15) is 0 Å². The van der Waals surface area contributed by atoms with Crippen molar-refractivity contribution in [3.63, 3.8) is 0 Å². The minimum atomic E-state index is 0.696. The summed E-state index contributed by atoms with van der Waals surface area (Å²) >= 11 is 0. The minimum absolute atomic E-state index is 0.696. The van der Waals surface area contributed by atoms with Gasteiger partial charge >= 0.3 is 0 Å². The first kappa shape index (κ1) is 19.7. The lowest BCUT2D eigenvalue weighted by molar-refractivity contribution is 0.465. The summed E-state index contributed by atoms with van der Waals surface area (Å²) in [6.45, 7) is 2.03. The predicted molar refractivity (Wildman–Crippen MR) is 139 cm³/mol. The topological polar surface area (TPSA) is 44.7 Å². The van der Waals surface area contributed by atoms with E-state index >= 15 is 0 Å². The van der Waals surface area contributed by atoms with E-state index in [2.05, 4.69) is 12.1 Å². The molecule has 5 aromatic carbocycles. The first-order valence-corrected chi connectivity index (χ1v) is 11.5. The zero-order valence-corrected chi connectivity index (χ0v) is 18.9. The molecule has 0 atom stereocenters. The molecule has 35 heavy (non-hydrogen) atoms. The van der Waals surface area contributed by atoms with Crippen LogP contribution in [0, 0.1) is 6.92 Å². The van der Waals surface area contributed by atoms with Gasteiger partial charge in [-0.1, -0.05) is 48.5 Å². The van der Waals surface area contributed by atoms with Crippen LogP contribution in [-0.4, -0.2) is 0 Å². The van der Waals surface area contributed by atoms with E-state index in [1.807, 2.05) is 97.9 Å². The quantitative estimate of drug-likeness (QED) is 0.265. The van der Waals surface area contributed by atoms with Crippen LogP contribution in [0.1, 0.15) is 5.56 Å². The second kappa shape index (κ2) is 7.67. The summed E-state index contributed by atoms with van der Waals surface area (Å²) < 4.78 is 24.8. The van der Waals surface area contributed by atoms with Crippen molar-refractivity contribution in [1.29, 1.82) is 0 Å². The summed E-state index contributed by atoms with van der Waals surface area (Å²) in [5.74, 6) is 2.88. The predicted octanol–water partition coefficient (Wildman–Crippen LogP) is 9.38. The monoisotopic (exact) mass is 456 g/mol. The number of aryl methyl sites for hydroxylation is 1. The van der Waals surface area contributed by atoms with Gasteiger partial charge in [-0.15, -0.1) is 0 Å². The highest BCUT2D eigenvalue weighted by Crippen LogP contribution is 2.40. The van der Waals surface area contributed by atoms with Gasteiger partial charge in [-0.05, 0) is 61.0 Å². The van der Waals surface area contributed by atoms with Crippen LogP contribution in [0.15, 0.2) is 112 Å². The summed E-state index contributed by atoms with van der Waals surface area (Å²) in [4.78, 5) is 0. The molecule has 2 heterocycles. The molecule has 7 aromatic rings. The molecule has 0 N–H and O–H groups in total. The smallest absolute Gasteiger partial charge is 0.139 e. The van der Waals surface area contributed by atoms with Crippen molar-refractivity contribution in [3.8, 4) is 23.0 Å². The van der Waals surface area contributed by atoms with Gasteiger partial charge < -0.3 is 18.3 Å². The fraction of sp³-hybridized carbons (Fsp3) is 0.0323. The lowest BCUT2D eigenvalue weighted by atomic mass is 10.1. The fourth-order valence-electron chi connectivity index (χ4n) is 4.74. The maximum atomic E-state index is 6.40. The first-order chi connectivity index (χ1) is 17.2. The van der Waals surface area contributed by atoms with Gasteiger partial charge in [0.1, 0.15) is 45.3 Å². The summed E-state index contributed by atoms with van der Waals surface area (Å²) in [5.41, 5.74) is 4.31. The van der Waals surface area contributed by atoms with Gasteiger partial charge in [0, 0.05) is 16.8 Å². The van der Waals surface area contributed by atoms with Crippen molar-refractivity contribution < 1.29 is 18.3 Å². The molecule has 0 radical (unpaired) electrons. The molecule has 0 saturated heterocycles. The SMILES string of the molecule is Cc1cc(Oc2cccc3oc4ccccc4c23)cc(Oc2cccc3oc4ccccc4c23)c1. The van der Waals surface area contributed by atoms with E-state index < -0.39 is 0 Å². The summed E-state index contributed by atoms with van der Waals surface area (Å²) in [6, 6.07) is 33.6. The number of para-hydroxylation sites is 2. The second-order valence-corrected chi connectivity index (χ2v) is 8.64. The highest BCUT2D eigenvalue weighted by atomic mass is 16.5. The van der Waals surface area contributed by atoms with Crippen LogP contribution in [-0.2, 0) is 0 Å². The Morgan fingerprint density at radius 2 is 0.943 bits per heavy atom. The third-order valence-corrected chi connectivity index (χ3v) is 6.21. The van der Waals surface area contributed by atoms with Gasteiger partial charge in [-0.2, -0.15) is 0 Å². The Morgan fingerprint density at radius 3 is 1.46 bits per heavy atom. The second-order valence-electron chi connectivity index (χ2n) is 8.64. The average molecular weight is 456 g/mol. The Morgan fingerprint density at radius 1 is 0.486 bits per heavy atom. The van der Waals surface area contributed by atoms with Crippen molar-refractivity contribution in [3.05, 3.63) is 109 Å². The van der Waals surface area contributed by atoms with Crippen molar-refractivity contribution in [2.24, 2.45) is 0 Å². The number of fused-ring (bicyclic) bond motifs is 6. The average Bonchev–Trinajstić information content (AvgIpc) is 3.43. The number of ether oxygens (including phenoxy) is 2. The van der Waals surface area contributed by atoms with Gasteiger partial charge in [0.15, 0.2) is 0 Å². The standard InChI is InChI=1S/C31H20O4/c1-19-16-20(32-26-12-6-14-28-30(26)22-8-2-4-10-24(22)34-28)18-21(17-19)33-27-13-7-15-29-31(27)23-9-3-5-11-25(23)35-29/h2-18H,1H3.